The molecular formula is C15H11ClFN3S. The van der Waals surface area contributed by atoms with Gasteiger partial charge in [0.15, 0.2) is 0 Å². The fourth-order valence-corrected chi connectivity index (χ4v) is 2.78. The predicted octanol–water partition coefficient (Wildman–Crippen LogP) is 4.61. The highest BCUT2D eigenvalue weighted by molar-refractivity contribution is 7.13. The molecule has 6 heteroatoms. The van der Waals surface area contributed by atoms with Gasteiger partial charge < -0.3 is 5.32 Å². The van der Waals surface area contributed by atoms with E-state index in [0.29, 0.717) is 17.3 Å². The first kappa shape index (κ1) is 14.0. The molecule has 1 aromatic carbocycles. The number of rotatable bonds is 4. The van der Waals surface area contributed by atoms with Gasteiger partial charge in [-0.05, 0) is 30.3 Å². The number of nitrogens with one attached hydrogen (secondary N) is 1. The second-order valence-electron chi connectivity index (χ2n) is 4.34. The third kappa shape index (κ3) is 3.37. The minimum Gasteiger partial charge on any atom is -0.377 e. The summed E-state index contributed by atoms with van der Waals surface area (Å²) in [6, 6.07) is 10.1. The summed E-state index contributed by atoms with van der Waals surface area (Å²) < 4.78 is 13.6. The Morgan fingerprint density at radius 2 is 2.14 bits per heavy atom. The fourth-order valence-electron chi connectivity index (χ4n) is 1.81. The van der Waals surface area contributed by atoms with E-state index >= 15 is 0 Å². The maximum atomic E-state index is 13.6. The van der Waals surface area contributed by atoms with Crippen LogP contribution in [0.15, 0.2) is 48.0 Å². The number of hydrogen-bond acceptors (Lipinski definition) is 4. The molecule has 3 aromatic rings. The third-order valence-corrected chi connectivity index (χ3v) is 3.97. The van der Waals surface area contributed by atoms with Crippen molar-refractivity contribution in [3.63, 3.8) is 0 Å². The lowest BCUT2D eigenvalue weighted by atomic mass is 10.3. The zero-order valence-electron chi connectivity index (χ0n) is 10.9. The second-order valence-corrected chi connectivity index (χ2v) is 5.63. The number of thiazole rings is 1. The van der Waals surface area contributed by atoms with Crippen molar-refractivity contribution in [3.05, 3.63) is 64.5 Å². The SMILES string of the molecule is Fc1ccc(Cl)cc1NCc1csc(-c2ccccn2)n1. The number of nitrogens with zero attached hydrogens (tertiary/aromatic N) is 2. The topological polar surface area (TPSA) is 37.8 Å². The van der Waals surface area contributed by atoms with Crippen LogP contribution in [0.1, 0.15) is 5.69 Å². The molecule has 2 aromatic heterocycles. The molecule has 21 heavy (non-hydrogen) atoms. The molecule has 0 spiro atoms. The smallest absolute Gasteiger partial charge is 0.146 e. The quantitative estimate of drug-likeness (QED) is 0.763. The molecule has 0 amide bonds. The first-order valence-corrected chi connectivity index (χ1v) is 7.53. The Bertz CT molecular complexity index is 746. The van der Waals surface area contributed by atoms with Crippen LogP contribution >= 0.6 is 22.9 Å². The lowest BCUT2D eigenvalue weighted by Crippen LogP contribution is -2.01. The van der Waals surface area contributed by atoms with Crippen molar-refractivity contribution >= 4 is 28.6 Å². The van der Waals surface area contributed by atoms with Crippen LogP contribution in [0.25, 0.3) is 10.7 Å². The average Bonchev–Trinajstić information content (AvgIpc) is 2.98. The molecule has 0 aliphatic rings. The van der Waals surface area contributed by atoms with Crippen molar-refractivity contribution in [2.24, 2.45) is 0 Å². The first-order valence-electron chi connectivity index (χ1n) is 6.27. The summed E-state index contributed by atoms with van der Waals surface area (Å²) in [4.78, 5) is 8.74. The molecule has 106 valence electrons. The maximum absolute atomic E-state index is 13.6. The van der Waals surface area contributed by atoms with E-state index in [1.165, 1.54) is 23.5 Å². The lowest BCUT2D eigenvalue weighted by Gasteiger charge is -2.06. The van der Waals surface area contributed by atoms with Crippen LogP contribution in [0.3, 0.4) is 0 Å². The standard InChI is InChI=1S/C15H11ClFN3S/c16-10-4-5-12(17)14(7-10)19-8-11-9-21-15(20-11)13-3-1-2-6-18-13/h1-7,9,19H,8H2. The number of hydrogen-bond donors (Lipinski definition) is 1. The lowest BCUT2D eigenvalue weighted by molar-refractivity contribution is 0.630. The summed E-state index contributed by atoms with van der Waals surface area (Å²) in [5.74, 6) is -0.334. The predicted molar refractivity (Wildman–Crippen MR) is 84.1 cm³/mol. The molecular weight excluding hydrogens is 309 g/mol. The van der Waals surface area contributed by atoms with Crippen LogP contribution in [0.4, 0.5) is 10.1 Å². The molecule has 1 N–H and O–H groups in total. The van der Waals surface area contributed by atoms with E-state index in [1.807, 2.05) is 23.6 Å². The van der Waals surface area contributed by atoms with Crippen molar-refractivity contribution in [2.45, 2.75) is 6.54 Å². The molecule has 3 rings (SSSR count). The Hall–Kier alpha value is -1.98. The van der Waals surface area contributed by atoms with Crippen LogP contribution < -0.4 is 5.32 Å². The van der Waals surface area contributed by atoms with E-state index in [4.69, 9.17) is 11.6 Å². The van der Waals surface area contributed by atoms with Crippen LogP contribution in [0, 0.1) is 5.82 Å². The Balaban J connectivity index is 1.72. The van der Waals surface area contributed by atoms with E-state index in [9.17, 15) is 4.39 Å². The zero-order chi connectivity index (χ0) is 14.7. The van der Waals surface area contributed by atoms with Crippen molar-refractivity contribution in [3.8, 4) is 10.7 Å². The van der Waals surface area contributed by atoms with Crippen molar-refractivity contribution in [1.29, 1.82) is 0 Å². The number of halogens is 2. The molecule has 0 atom stereocenters. The summed E-state index contributed by atoms with van der Waals surface area (Å²) in [7, 11) is 0. The minimum atomic E-state index is -0.334. The van der Waals surface area contributed by atoms with Gasteiger partial charge >= 0.3 is 0 Å². The molecule has 0 fully saturated rings. The maximum Gasteiger partial charge on any atom is 0.146 e. The van der Waals surface area contributed by atoms with Gasteiger partial charge in [0.25, 0.3) is 0 Å². The highest BCUT2D eigenvalue weighted by atomic mass is 35.5. The highest BCUT2D eigenvalue weighted by Gasteiger charge is 2.07. The third-order valence-electron chi connectivity index (χ3n) is 2.82. The van der Waals surface area contributed by atoms with E-state index in [2.05, 4.69) is 15.3 Å². The van der Waals surface area contributed by atoms with E-state index in [1.54, 1.807) is 12.3 Å². The monoisotopic (exact) mass is 319 g/mol. The summed E-state index contributed by atoms with van der Waals surface area (Å²) in [6.07, 6.45) is 1.73. The van der Waals surface area contributed by atoms with Gasteiger partial charge in [0, 0.05) is 16.6 Å². The molecule has 0 unspecified atom stereocenters. The molecule has 2 heterocycles. The largest absolute Gasteiger partial charge is 0.377 e. The van der Waals surface area contributed by atoms with Crippen molar-refractivity contribution in [1.82, 2.24) is 9.97 Å². The van der Waals surface area contributed by atoms with Crippen LogP contribution in [-0.2, 0) is 6.54 Å². The molecule has 0 bridgehead atoms. The van der Waals surface area contributed by atoms with E-state index in [0.717, 1.165) is 16.4 Å². The average molecular weight is 320 g/mol. The number of pyridine rings is 1. The highest BCUT2D eigenvalue weighted by Crippen LogP contribution is 2.23. The summed E-state index contributed by atoms with van der Waals surface area (Å²) >= 11 is 7.37. The van der Waals surface area contributed by atoms with Crippen molar-refractivity contribution in [2.75, 3.05) is 5.32 Å². The normalized spacial score (nSPS) is 10.6. The zero-order valence-corrected chi connectivity index (χ0v) is 12.5. The fraction of sp³-hybridized carbons (Fsp3) is 0.0667. The van der Waals surface area contributed by atoms with Crippen LogP contribution in [0.2, 0.25) is 5.02 Å². The number of anilines is 1. The summed E-state index contributed by atoms with van der Waals surface area (Å²) in [5.41, 5.74) is 2.04. The van der Waals surface area contributed by atoms with E-state index in [-0.39, 0.29) is 5.82 Å². The number of aromatic nitrogens is 2. The van der Waals surface area contributed by atoms with Gasteiger partial charge in [-0.3, -0.25) is 4.98 Å². The summed E-state index contributed by atoms with van der Waals surface area (Å²) in [6.45, 7) is 0.431. The number of benzene rings is 1. The van der Waals surface area contributed by atoms with Crippen LogP contribution in [-0.4, -0.2) is 9.97 Å². The molecule has 0 saturated carbocycles. The van der Waals surface area contributed by atoms with Crippen molar-refractivity contribution < 1.29 is 4.39 Å². The first-order chi connectivity index (χ1) is 10.2. The Morgan fingerprint density at radius 1 is 1.24 bits per heavy atom. The molecule has 0 radical (unpaired) electrons. The summed E-state index contributed by atoms with van der Waals surface area (Å²) in [5, 5.41) is 6.27. The van der Waals surface area contributed by atoms with Gasteiger partial charge in [-0.1, -0.05) is 17.7 Å². The van der Waals surface area contributed by atoms with Gasteiger partial charge in [0.1, 0.15) is 10.8 Å². The Labute approximate surface area is 130 Å². The van der Waals surface area contributed by atoms with Gasteiger partial charge in [0.2, 0.25) is 0 Å². The molecule has 0 aliphatic carbocycles. The Kier molecular flexibility index (Phi) is 4.13. The van der Waals surface area contributed by atoms with Gasteiger partial charge in [0.05, 0.1) is 23.6 Å². The van der Waals surface area contributed by atoms with Gasteiger partial charge in [-0.25, -0.2) is 9.37 Å². The molecule has 0 saturated heterocycles. The van der Waals surface area contributed by atoms with Gasteiger partial charge in [-0.2, -0.15) is 0 Å². The molecule has 3 nitrogen and oxygen atoms in total. The second kappa shape index (κ2) is 6.20. The Morgan fingerprint density at radius 3 is 2.95 bits per heavy atom. The minimum absolute atomic E-state index is 0.334. The van der Waals surface area contributed by atoms with E-state index < -0.39 is 0 Å². The van der Waals surface area contributed by atoms with Crippen LogP contribution in [0.5, 0.6) is 0 Å². The molecule has 0 aliphatic heterocycles. The van der Waals surface area contributed by atoms with Gasteiger partial charge in [-0.15, -0.1) is 11.3 Å².